The summed E-state index contributed by atoms with van der Waals surface area (Å²) >= 11 is 0. The van der Waals surface area contributed by atoms with E-state index in [0.717, 1.165) is 0 Å². The van der Waals surface area contributed by atoms with Gasteiger partial charge in [-0.25, -0.2) is 0 Å². The Balaban J connectivity index is 2.81. The summed E-state index contributed by atoms with van der Waals surface area (Å²) < 4.78 is 26.6. The van der Waals surface area contributed by atoms with Crippen LogP contribution in [0.2, 0.25) is 0 Å². The van der Waals surface area contributed by atoms with Crippen LogP contribution in [-0.4, -0.2) is 60.3 Å². The highest BCUT2D eigenvalue weighted by Gasteiger charge is 2.45. The third kappa shape index (κ3) is 2.62. The SMILES string of the molecule is COP(=O)(OC)[C@H]1C[C@@H](O)[C@H](O)[C@@H](CO)O1. The van der Waals surface area contributed by atoms with Crippen LogP contribution in [-0.2, 0) is 18.3 Å². The summed E-state index contributed by atoms with van der Waals surface area (Å²) in [6, 6.07) is 0. The number of hydrogen-bond donors (Lipinski definition) is 3. The smallest absolute Gasteiger partial charge is 0.358 e. The molecule has 1 heterocycles. The van der Waals surface area contributed by atoms with E-state index in [4.69, 9.17) is 18.9 Å². The van der Waals surface area contributed by atoms with E-state index in [1.165, 1.54) is 14.2 Å². The van der Waals surface area contributed by atoms with Gasteiger partial charge in [-0.15, -0.1) is 0 Å². The van der Waals surface area contributed by atoms with Crippen LogP contribution >= 0.6 is 7.60 Å². The first-order valence-corrected chi connectivity index (χ1v) is 6.43. The second-order valence-electron chi connectivity index (χ2n) is 3.51. The number of hydrogen-bond acceptors (Lipinski definition) is 7. The summed E-state index contributed by atoms with van der Waals surface area (Å²) in [7, 11) is -1.06. The van der Waals surface area contributed by atoms with Crippen molar-refractivity contribution in [1.82, 2.24) is 0 Å². The fraction of sp³-hybridized carbons (Fsp3) is 1.00. The number of aliphatic hydroxyl groups excluding tert-OH is 3. The maximum atomic E-state index is 12.0. The summed E-state index contributed by atoms with van der Waals surface area (Å²) in [5, 5.41) is 27.9. The Morgan fingerprint density at radius 3 is 2.38 bits per heavy atom. The Kier molecular flexibility index (Phi) is 4.88. The van der Waals surface area contributed by atoms with Crippen LogP contribution in [0, 0.1) is 0 Å². The lowest BCUT2D eigenvalue weighted by atomic mass is 10.0. The molecule has 0 aliphatic carbocycles. The average molecular weight is 256 g/mol. The quantitative estimate of drug-likeness (QED) is 0.571. The van der Waals surface area contributed by atoms with Crippen molar-refractivity contribution in [3.05, 3.63) is 0 Å². The van der Waals surface area contributed by atoms with E-state index in [-0.39, 0.29) is 6.42 Å². The van der Waals surface area contributed by atoms with Crippen molar-refractivity contribution in [2.45, 2.75) is 30.6 Å². The number of rotatable bonds is 4. The summed E-state index contributed by atoms with van der Waals surface area (Å²) in [6.45, 7) is -0.484. The number of aliphatic hydroxyl groups is 3. The minimum absolute atomic E-state index is 0.0728. The molecule has 1 aliphatic rings. The van der Waals surface area contributed by atoms with Gasteiger partial charge in [-0.05, 0) is 0 Å². The van der Waals surface area contributed by atoms with Gasteiger partial charge < -0.3 is 29.1 Å². The first kappa shape index (κ1) is 14.1. The van der Waals surface area contributed by atoms with Crippen LogP contribution in [0.15, 0.2) is 0 Å². The molecule has 0 aromatic rings. The van der Waals surface area contributed by atoms with Gasteiger partial charge in [-0.3, -0.25) is 4.57 Å². The van der Waals surface area contributed by atoms with Gasteiger partial charge in [0.25, 0.3) is 0 Å². The Bertz CT molecular complexity index is 263. The Hall–Kier alpha value is -0.0100. The predicted molar refractivity (Wildman–Crippen MR) is 54.0 cm³/mol. The molecule has 0 unspecified atom stereocenters. The van der Waals surface area contributed by atoms with Crippen LogP contribution in [0.1, 0.15) is 6.42 Å². The molecule has 0 aromatic heterocycles. The van der Waals surface area contributed by atoms with Gasteiger partial charge in [0.1, 0.15) is 12.2 Å². The molecule has 3 N–H and O–H groups in total. The third-order valence-corrected chi connectivity index (χ3v) is 4.65. The zero-order valence-electron chi connectivity index (χ0n) is 9.15. The van der Waals surface area contributed by atoms with E-state index in [0.29, 0.717) is 0 Å². The molecule has 7 nitrogen and oxygen atoms in total. The summed E-state index contributed by atoms with van der Waals surface area (Å²) in [5.41, 5.74) is 0. The lowest BCUT2D eigenvalue weighted by molar-refractivity contribution is -0.163. The monoisotopic (exact) mass is 256 g/mol. The van der Waals surface area contributed by atoms with Crippen molar-refractivity contribution in [2.75, 3.05) is 20.8 Å². The zero-order chi connectivity index (χ0) is 12.3. The molecule has 8 heteroatoms. The molecule has 16 heavy (non-hydrogen) atoms. The van der Waals surface area contributed by atoms with E-state index >= 15 is 0 Å². The van der Waals surface area contributed by atoms with E-state index in [1.54, 1.807) is 0 Å². The molecule has 1 rings (SSSR count). The maximum absolute atomic E-state index is 12.0. The Morgan fingerprint density at radius 1 is 1.38 bits per heavy atom. The molecular formula is C8H17O7P. The molecule has 1 fully saturated rings. The van der Waals surface area contributed by atoms with Crippen LogP contribution in [0.3, 0.4) is 0 Å². The Morgan fingerprint density at radius 2 is 1.94 bits per heavy atom. The van der Waals surface area contributed by atoms with Crippen molar-refractivity contribution >= 4 is 7.60 Å². The highest BCUT2D eigenvalue weighted by molar-refractivity contribution is 7.54. The standard InChI is InChI=1S/C8H17O7P/c1-13-16(12,14-2)7-3-5(10)8(11)6(4-9)15-7/h5-11H,3-4H2,1-2H3/t5-,6-,7+,8+/m1/s1. The van der Waals surface area contributed by atoms with E-state index in [9.17, 15) is 14.8 Å². The summed E-state index contributed by atoms with van der Waals surface area (Å²) in [5.74, 6) is -0.988. The first-order chi connectivity index (χ1) is 7.48. The topological polar surface area (TPSA) is 105 Å². The lowest BCUT2D eigenvalue weighted by Gasteiger charge is -2.37. The third-order valence-electron chi connectivity index (χ3n) is 2.59. The van der Waals surface area contributed by atoms with Gasteiger partial charge >= 0.3 is 7.60 Å². The van der Waals surface area contributed by atoms with E-state index < -0.39 is 38.4 Å². The van der Waals surface area contributed by atoms with Crippen LogP contribution in [0.5, 0.6) is 0 Å². The molecule has 0 spiro atoms. The predicted octanol–water partition coefficient (Wildman–Crippen LogP) is -0.699. The number of ether oxygens (including phenoxy) is 1. The molecule has 1 saturated heterocycles. The molecule has 0 saturated carbocycles. The highest BCUT2D eigenvalue weighted by atomic mass is 31.2. The molecule has 96 valence electrons. The van der Waals surface area contributed by atoms with Gasteiger partial charge in [0.2, 0.25) is 0 Å². The molecule has 0 radical (unpaired) electrons. The maximum Gasteiger partial charge on any atom is 0.358 e. The minimum Gasteiger partial charge on any atom is -0.394 e. The van der Waals surface area contributed by atoms with Crippen LogP contribution < -0.4 is 0 Å². The second-order valence-corrected chi connectivity index (χ2v) is 5.90. The lowest BCUT2D eigenvalue weighted by Crippen LogP contribution is -2.49. The fourth-order valence-electron chi connectivity index (χ4n) is 1.60. The Labute approximate surface area is 93.5 Å². The summed E-state index contributed by atoms with van der Waals surface area (Å²) in [4.78, 5) is 0. The van der Waals surface area contributed by atoms with Crippen molar-refractivity contribution in [3.8, 4) is 0 Å². The van der Waals surface area contributed by atoms with Gasteiger partial charge in [0.05, 0.1) is 12.7 Å². The molecule has 1 aliphatic heterocycles. The van der Waals surface area contributed by atoms with E-state index in [1.807, 2.05) is 0 Å². The van der Waals surface area contributed by atoms with Gasteiger partial charge in [-0.1, -0.05) is 0 Å². The van der Waals surface area contributed by atoms with Crippen molar-refractivity contribution in [2.24, 2.45) is 0 Å². The second kappa shape index (κ2) is 5.55. The van der Waals surface area contributed by atoms with Crippen LogP contribution in [0.4, 0.5) is 0 Å². The van der Waals surface area contributed by atoms with Crippen molar-refractivity contribution < 1.29 is 33.7 Å². The molecule has 0 amide bonds. The summed E-state index contributed by atoms with van der Waals surface area (Å²) in [6.07, 6.45) is -3.40. The first-order valence-electron chi connectivity index (χ1n) is 4.82. The zero-order valence-corrected chi connectivity index (χ0v) is 10.0. The molecule has 0 aromatic carbocycles. The van der Waals surface area contributed by atoms with Crippen LogP contribution in [0.25, 0.3) is 0 Å². The normalized spacial score (nSPS) is 36.3. The molecular weight excluding hydrogens is 239 g/mol. The van der Waals surface area contributed by atoms with Crippen molar-refractivity contribution in [3.63, 3.8) is 0 Å². The fourth-order valence-corrected chi connectivity index (χ4v) is 2.99. The average Bonchev–Trinajstić information content (AvgIpc) is 2.31. The highest BCUT2D eigenvalue weighted by Crippen LogP contribution is 2.55. The van der Waals surface area contributed by atoms with Gasteiger partial charge in [-0.2, -0.15) is 0 Å². The van der Waals surface area contributed by atoms with Gasteiger partial charge in [0, 0.05) is 20.6 Å². The van der Waals surface area contributed by atoms with E-state index in [2.05, 4.69) is 0 Å². The van der Waals surface area contributed by atoms with Crippen molar-refractivity contribution in [1.29, 1.82) is 0 Å². The minimum atomic E-state index is -3.48. The molecule has 4 atom stereocenters. The largest absolute Gasteiger partial charge is 0.394 e. The molecule has 0 bridgehead atoms. The van der Waals surface area contributed by atoms with Gasteiger partial charge in [0.15, 0.2) is 5.85 Å².